The number of hydrogen-bond acceptors (Lipinski definition) is 4. The zero-order valence-electron chi connectivity index (χ0n) is 19.7. The van der Waals surface area contributed by atoms with Crippen molar-refractivity contribution in [3.8, 4) is 6.07 Å². The third-order valence-electron chi connectivity index (χ3n) is 5.01. The summed E-state index contributed by atoms with van der Waals surface area (Å²) >= 11 is 0. The Bertz CT molecular complexity index is 1150. The van der Waals surface area contributed by atoms with Crippen molar-refractivity contribution in [1.29, 1.82) is 5.26 Å². The number of hydrogen-bond donors (Lipinski definition) is 2. The van der Waals surface area contributed by atoms with Gasteiger partial charge in [0, 0.05) is 5.54 Å². The predicted molar refractivity (Wildman–Crippen MR) is 125 cm³/mol. The van der Waals surface area contributed by atoms with Gasteiger partial charge in [0.1, 0.15) is 5.82 Å². The minimum Gasteiger partial charge on any atom is -0.385 e. The van der Waals surface area contributed by atoms with Crippen molar-refractivity contribution in [2.24, 2.45) is 0 Å². The maximum Gasteiger partial charge on any atom is 0.229 e. The van der Waals surface area contributed by atoms with E-state index in [0.29, 0.717) is 22.6 Å². The van der Waals surface area contributed by atoms with Crippen LogP contribution in [0.1, 0.15) is 64.7 Å². The van der Waals surface area contributed by atoms with Gasteiger partial charge in [-0.3, -0.25) is 10.1 Å². The van der Waals surface area contributed by atoms with Crippen LogP contribution in [0.2, 0.25) is 0 Å². The standard InChI is InChI=1S/C23H25FN4O2.C2H6/c1-14-10-18-19(11-15(14)13-25)28(22(2,3)4)21(26-18)27-20(29)12-23(5,30)16-6-8-17(24)9-7-16;1-2/h6-11,30H,12H2,1-5H3,(H,26,27,29);1-2H3/t23-;/m0./s1. The van der Waals surface area contributed by atoms with Crippen molar-refractivity contribution >= 4 is 22.9 Å². The molecule has 2 N–H and O–H groups in total. The van der Waals surface area contributed by atoms with Gasteiger partial charge in [-0.05, 0) is 70.0 Å². The lowest BCUT2D eigenvalue weighted by molar-refractivity contribution is -0.120. The van der Waals surface area contributed by atoms with Crippen molar-refractivity contribution in [3.63, 3.8) is 0 Å². The van der Waals surface area contributed by atoms with E-state index in [4.69, 9.17) is 0 Å². The first-order valence-corrected chi connectivity index (χ1v) is 10.6. The van der Waals surface area contributed by atoms with Crippen molar-refractivity contribution in [2.45, 2.75) is 66.0 Å². The van der Waals surface area contributed by atoms with E-state index in [1.165, 1.54) is 31.2 Å². The molecule has 1 heterocycles. The Kier molecular flexibility index (Phi) is 7.42. The number of anilines is 1. The molecule has 0 radical (unpaired) electrons. The number of aryl methyl sites for hydroxylation is 1. The third-order valence-corrected chi connectivity index (χ3v) is 5.01. The topological polar surface area (TPSA) is 90.9 Å². The average Bonchev–Trinajstić information content (AvgIpc) is 3.05. The van der Waals surface area contributed by atoms with E-state index in [0.717, 1.165) is 11.1 Å². The highest BCUT2D eigenvalue weighted by Gasteiger charge is 2.29. The van der Waals surface area contributed by atoms with Gasteiger partial charge in [0.25, 0.3) is 0 Å². The second-order valence-electron chi connectivity index (χ2n) is 8.71. The highest BCUT2D eigenvalue weighted by atomic mass is 19.1. The molecule has 0 aliphatic heterocycles. The number of halogens is 1. The van der Waals surface area contributed by atoms with Crippen LogP contribution in [0.15, 0.2) is 36.4 Å². The SMILES string of the molecule is CC.Cc1cc2nc(NC(=O)C[C@](C)(O)c3ccc(F)cc3)n(C(C)(C)C)c2cc1C#N. The summed E-state index contributed by atoms with van der Waals surface area (Å²) in [6, 6.07) is 11.2. The summed E-state index contributed by atoms with van der Waals surface area (Å²) in [6.07, 6.45) is -0.228. The van der Waals surface area contributed by atoms with E-state index in [-0.39, 0.29) is 6.42 Å². The van der Waals surface area contributed by atoms with E-state index in [9.17, 15) is 19.6 Å². The molecule has 0 unspecified atom stereocenters. The highest BCUT2D eigenvalue weighted by molar-refractivity contribution is 5.92. The quantitative estimate of drug-likeness (QED) is 0.573. The lowest BCUT2D eigenvalue weighted by atomic mass is 9.92. The molecule has 0 saturated heterocycles. The highest BCUT2D eigenvalue weighted by Crippen LogP contribution is 2.31. The van der Waals surface area contributed by atoms with Crippen molar-refractivity contribution in [2.75, 3.05) is 5.32 Å². The molecule has 0 aliphatic carbocycles. The molecule has 2 aromatic carbocycles. The van der Waals surface area contributed by atoms with E-state index >= 15 is 0 Å². The molecule has 0 aliphatic rings. The second kappa shape index (κ2) is 9.49. The maximum atomic E-state index is 13.2. The van der Waals surface area contributed by atoms with E-state index in [1.54, 1.807) is 6.07 Å². The number of amides is 1. The molecule has 0 bridgehead atoms. The van der Waals surface area contributed by atoms with Crippen LogP contribution in [-0.4, -0.2) is 20.6 Å². The summed E-state index contributed by atoms with van der Waals surface area (Å²) < 4.78 is 15.0. The molecule has 1 aromatic heterocycles. The largest absolute Gasteiger partial charge is 0.385 e. The molecule has 1 atom stereocenters. The molecule has 0 saturated carbocycles. The van der Waals surface area contributed by atoms with E-state index in [2.05, 4.69) is 16.4 Å². The fourth-order valence-electron chi connectivity index (χ4n) is 3.50. The molecule has 1 amide bonds. The fourth-order valence-corrected chi connectivity index (χ4v) is 3.50. The van der Waals surface area contributed by atoms with Gasteiger partial charge in [-0.2, -0.15) is 5.26 Å². The number of fused-ring (bicyclic) bond motifs is 1. The van der Waals surface area contributed by atoms with Gasteiger partial charge >= 0.3 is 0 Å². The summed E-state index contributed by atoms with van der Waals surface area (Å²) in [4.78, 5) is 17.3. The zero-order valence-corrected chi connectivity index (χ0v) is 19.7. The minimum atomic E-state index is -1.47. The predicted octanol–water partition coefficient (Wildman–Crippen LogP) is 5.37. The average molecular weight is 439 g/mol. The Labute approximate surface area is 188 Å². The number of nitrogens with zero attached hydrogens (tertiary/aromatic N) is 3. The molecular weight excluding hydrogens is 407 g/mol. The number of aliphatic hydroxyl groups is 1. The number of rotatable bonds is 4. The first kappa shape index (κ1) is 25.0. The molecule has 0 fully saturated rings. The van der Waals surface area contributed by atoms with Gasteiger partial charge in [-0.15, -0.1) is 0 Å². The van der Waals surface area contributed by atoms with Crippen LogP contribution in [0, 0.1) is 24.1 Å². The van der Waals surface area contributed by atoms with Crippen LogP contribution in [0.5, 0.6) is 0 Å². The van der Waals surface area contributed by atoms with Gasteiger partial charge < -0.3 is 9.67 Å². The van der Waals surface area contributed by atoms with Gasteiger partial charge in [-0.25, -0.2) is 9.37 Å². The Morgan fingerprint density at radius 1 is 1.19 bits per heavy atom. The summed E-state index contributed by atoms with van der Waals surface area (Å²) in [5, 5.41) is 22.9. The molecule has 32 heavy (non-hydrogen) atoms. The number of benzene rings is 2. The van der Waals surface area contributed by atoms with E-state index in [1.807, 2.05) is 52.2 Å². The van der Waals surface area contributed by atoms with Gasteiger partial charge in [-0.1, -0.05) is 26.0 Å². The number of aromatic nitrogens is 2. The van der Waals surface area contributed by atoms with Crippen molar-refractivity contribution < 1.29 is 14.3 Å². The normalized spacial score (nSPS) is 13.0. The maximum absolute atomic E-state index is 13.2. The van der Waals surface area contributed by atoms with Crippen LogP contribution in [-0.2, 0) is 15.9 Å². The lowest BCUT2D eigenvalue weighted by Gasteiger charge is -2.26. The van der Waals surface area contributed by atoms with Crippen LogP contribution < -0.4 is 5.32 Å². The molecule has 3 rings (SSSR count). The summed E-state index contributed by atoms with van der Waals surface area (Å²) in [7, 11) is 0. The summed E-state index contributed by atoms with van der Waals surface area (Å²) in [5.74, 6) is -0.501. The zero-order chi connectivity index (χ0) is 24.3. The summed E-state index contributed by atoms with van der Waals surface area (Å²) in [5.41, 5.74) is 1.32. The Hall–Kier alpha value is -3.24. The van der Waals surface area contributed by atoms with Crippen molar-refractivity contribution in [1.82, 2.24) is 9.55 Å². The Morgan fingerprint density at radius 2 is 1.78 bits per heavy atom. The molecule has 3 aromatic rings. The van der Waals surface area contributed by atoms with Crippen LogP contribution >= 0.6 is 0 Å². The van der Waals surface area contributed by atoms with Crippen LogP contribution in [0.25, 0.3) is 11.0 Å². The lowest BCUT2D eigenvalue weighted by Crippen LogP contribution is -2.31. The number of nitriles is 1. The molecule has 7 heteroatoms. The second-order valence-corrected chi connectivity index (χ2v) is 8.71. The number of carbonyl (C=O) groups excluding carboxylic acids is 1. The number of carbonyl (C=O) groups is 1. The number of nitrogens with one attached hydrogen (secondary N) is 1. The smallest absolute Gasteiger partial charge is 0.229 e. The van der Waals surface area contributed by atoms with E-state index < -0.39 is 22.9 Å². The third kappa shape index (κ3) is 5.32. The molecule has 0 spiro atoms. The van der Waals surface area contributed by atoms with Gasteiger partial charge in [0.15, 0.2) is 0 Å². The number of imidazole rings is 1. The van der Waals surface area contributed by atoms with Crippen LogP contribution in [0.3, 0.4) is 0 Å². The first-order valence-electron chi connectivity index (χ1n) is 10.6. The van der Waals surface area contributed by atoms with Crippen molar-refractivity contribution in [3.05, 3.63) is 58.9 Å². The van der Waals surface area contributed by atoms with Gasteiger partial charge in [0.2, 0.25) is 11.9 Å². The Balaban J connectivity index is 0.00000176. The molecule has 170 valence electrons. The minimum absolute atomic E-state index is 0.228. The van der Waals surface area contributed by atoms with Gasteiger partial charge in [0.05, 0.1) is 34.7 Å². The monoisotopic (exact) mass is 438 g/mol. The summed E-state index contributed by atoms with van der Waals surface area (Å²) in [6.45, 7) is 13.3. The fraction of sp³-hybridized carbons (Fsp3) is 0.400. The molecular formula is C25H31FN4O2. The van der Waals surface area contributed by atoms with Crippen LogP contribution in [0.4, 0.5) is 10.3 Å². The Morgan fingerprint density at radius 3 is 2.31 bits per heavy atom. The molecule has 6 nitrogen and oxygen atoms in total. The first-order chi connectivity index (χ1) is 14.9.